The van der Waals surface area contributed by atoms with Gasteiger partial charge in [0.25, 0.3) is 0 Å². The maximum atomic E-state index is 5.90. The average Bonchev–Trinajstić information content (AvgIpc) is 2.74. The van der Waals surface area contributed by atoms with Gasteiger partial charge in [-0.05, 0) is 25.5 Å². The van der Waals surface area contributed by atoms with Crippen molar-refractivity contribution in [3.63, 3.8) is 0 Å². The third-order valence-electron chi connectivity index (χ3n) is 2.64. The van der Waals surface area contributed by atoms with E-state index in [1.54, 1.807) is 11.3 Å². The minimum Gasteiger partial charge on any atom is -0.355 e. The van der Waals surface area contributed by atoms with E-state index in [4.69, 9.17) is 21.1 Å². The zero-order valence-electron chi connectivity index (χ0n) is 9.24. The Morgan fingerprint density at radius 1 is 1.62 bits per heavy atom. The van der Waals surface area contributed by atoms with Crippen LogP contribution in [0.15, 0.2) is 12.1 Å². The summed E-state index contributed by atoms with van der Waals surface area (Å²) in [6.07, 6.45) is 1.23. The molecule has 0 aromatic carbocycles. The average molecular weight is 262 g/mol. The van der Waals surface area contributed by atoms with Crippen LogP contribution in [0.25, 0.3) is 0 Å². The molecule has 90 valence electrons. The first-order valence-electron chi connectivity index (χ1n) is 5.43. The summed E-state index contributed by atoms with van der Waals surface area (Å²) in [4.78, 5) is 1.26. The van der Waals surface area contributed by atoms with E-state index >= 15 is 0 Å². The van der Waals surface area contributed by atoms with Crippen molar-refractivity contribution >= 4 is 22.9 Å². The highest BCUT2D eigenvalue weighted by molar-refractivity contribution is 7.16. The Labute approximate surface area is 105 Å². The third kappa shape index (κ3) is 3.43. The molecule has 1 aromatic rings. The van der Waals surface area contributed by atoms with Crippen LogP contribution in [0.2, 0.25) is 4.34 Å². The van der Waals surface area contributed by atoms with E-state index in [1.807, 2.05) is 6.07 Å². The maximum absolute atomic E-state index is 5.90. The first kappa shape index (κ1) is 12.3. The molecule has 16 heavy (non-hydrogen) atoms. The Morgan fingerprint density at radius 3 is 3.12 bits per heavy atom. The predicted octanol–water partition coefficient (Wildman–Crippen LogP) is 2.82. The summed E-state index contributed by atoms with van der Waals surface area (Å²) in [5.41, 5.74) is 0. The molecule has 5 heteroatoms. The lowest BCUT2D eigenvalue weighted by atomic mass is 10.2. The van der Waals surface area contributed by atoms with Crippen molar-refractivity contribution < 1.29 is 9.47 Å². The molecule has 0 aliphatic carbocycles. The molecule has 1 saturated heterocycles. The minimum absolute atomic E-state index is 0.270. The molecule has 0 bridgehead atoms. The third-order valence-corrected chi connectivity index (χ3v) is 4.06. The van der Waals surface area contributed by atoms with Crippen LogP contribution in [0.3, 0.4) is 0 Å². The molecule has 1 N–H and O–H groups in total. The predicted molar refractivity (Wildman–Crippen MR) is 66.1 cm³/mol. The lowest BCUT2D eigenvalue weighted by Crippen LogP contribution is -2.35. The van der Waals surface area contributed by atoms with E-state index in [2.05, 4.69) is 18.3 Å². The molecule has 0 amide bonds. The van der Waals surface area contributed by atoms with Gasteiger partial charge >= 0.3 is 0 Å². The molecule has 0 saturated carbocycles. The number of nitrogens with one attached hydrogen (secondary N) is 1. The van der Waals surface area contributed by atoms with Crippen molar-refractivity contribution in [2.45, 2.75) is 25.5 Å². The molecule has 2 atom stereocenters. The summed E-state index contributed by atoms with van der Waals surface area (Å²) in [7, 11) is 0. The summed E-state index contributed by atoms with van der Waals surface area (Å²) in [6, 6.07) is 4.32. The molecule has 1 aliphatic rings. The van der Waals surface area contributed by atoms with Crippen LogP contribution < -0.4 is 5.32 Å². The summed E-state index contributed by atoms with van der Waals surface area (Å²) >= 11 is 7.52. The fourth-order valence-electron chi connectivity index (χ4n) is 1.63. The topological polar surface area (TPSA) is 30.5 Å². The molecule has 2 rings (SSSR count). The van der Waals surface area contributed by atoms with Gasteiger partial charge in [-0.25, -0.2) is 0 Å². The molecular weight excluding hydrogens is 246 g/mol. The maximum Gasteiger partial charge on any atom is 0.147 e. The highest BCUT2D eigenvalue weighted by atomic mass is 35.5. The van der Waals surface area contributed by atoms with Crippen LogP contribution in [-0.2, 0) is 9.47 Å². The second kappa shape index (κ2) is 5.98. The van der Waals surface area contributed by atoms with Crippen LogP contribution in [0.5, 0.6) is 0 Å². The lowest BCUT2D eigenvalue weighted by molar-refractivity contribution is -0.137. The SMILES string of the molecule is CC(NCC1CCOCO1)c1ccc(Cl)s1. The van der Waals surface area contributed by atoms with Crippen molar-refractivity contribution in [2.24, 2.45) is 0 Å². The Morgan fingerprint density at radius 2 is 2.50 bits per heavy atom. The highest BCUT2D eigenvalue weighted by Gasteiger charge is 2.15. The highest BCUT2D eigenvalue weighted by Crippen LogP contribution is 2.26. The van der Waals surface area contributed by atoms with Gasteiger partial charge in [0.1, 0.15) is 6.79 Å². The second-order valence-electron chi connectivity index (χ2n) is 3.88. The van der Waals surface area contributed by atoms with Crippen LogP contribution in [0.1, 0.15) is 24.3 Å². The van der Waals surface area contributed by atoms with E-state index in [0.717, 1.165) is 23.9 Å². The molecule has 2 unspecified atom stereocenters. The number of hydrogen-bond donors (Lipinski definition) is 1. The Bertz CT molecular complexity index is 326. The van der Waals surface area contributed by atoms with Crippen molar-refractivity contribution in [3.8, 4) is 0 Å². The summed E-state index contributed by atoms with van der Waals surface area (Å²) in [6.45, 7) is 4.22. The molecular formula is C11H16ClNO2S. The number of halogens is 1. The van der Waals surface area contributed by atoms with Gasteiger partial charge in [-0.15, -0.1) is 11.3 Å². The first-order chi connectivity index (χ1) is 7.75. The van der Waals surface area contributed by atoms with Gasteiger partial charge < -0.3 is 14.8 Å². The van der Waals surface area contributed by atoms with Crippen LogP contribution in [0.4, 0.5) is 0 Å². The monoisotopic (exact) mass is 261 g/mol. The lowest BCUT2D eigenvalue weighted by Gasteiger charge is -2.24. The van der Waals surface area contributed by atoms with Crippen molar-refractivity contribution in [1.29, 1.82) is 0 Å². The zero-order valence-corrected chi connectivity index (χ0v) is 10.8. The fraction of sp³-hybridized carbons (Fsp3) is 0.636. The van der Waals surface area contributed by atoms with E-state index in [1.165, 1.54) is 4.88 Å². The van der Waals surface area contributed by atoms with Crippen LogP contribution >= 0.6 is 22.9 Å². The van der Waals surface area contributed by atoms with E-state index in [9.17, 15) is 0 Å². The van der Waals surface area contributed by atoms with Crippen LogP contribution in [0, 0.1) is 0 Å². The zero-order chi connectivity index (χ0) is 11.4. The Kier molecular flexibility index (Phi) is 4.61. The summed E-state index contributed by atoms with van der Waals surface area (Å²) in [5.74, 6) is 0. The molecule has 2 heterocycles. The quantitative estimate of drug-likeness (QED) is 0.904. The molecule has 0 spiro atoms. The molecule has 1 aromatic heterocycles. The van der Waals surface area contributed by atoms with Crippen molar-refractivity contribution in [3.05, 3.63) is 21.3 Å². The van der Waals surface area contributed by atoms with Gasteiger partial charge in [0.15, 0.2) is 0 Å². The van der Waals surface area contributed by atoms with Crippen LogP contribution in [-0.4, -0.2) is 26.0 Å². The fourth-order valence-corrected chi connectivity index (χ4v) is 2.72. The standard InChI is InChI=1S/C11H16ClNO2S/c1-8(10-2-3-11(12)16-10)13-6-9-4-5-14-7-15-9/h2-3,8-9,13H,4-7H2,1H3. The van der Waals surface area contributed by atoms with Gasteiger partial charge in [-0.1, -0.05) is 11.6 Å². The largest absolute Gasteiger partial charge is 0.355 e. The smallest absolute Gasteiger partial charge is 0.147 e. The van der Waals surface area contributed by atoms with Gasteiger partial charge in [0, 0.05) is 17.5 Å². The normalized spacial score (nSPS) is 23.2. The summed E-state index contributed by atoms with van der Waals surface area (Å²) < 4.78 is 11.4. The number of ether oxygens (including phenoxy) is 2. The van der Waals surface area contributed by atoms with Gasteiger partial charge in [-0.2, -0.15) is 0 Å². The van der Waals surface area contributed by atoms with Gasteiger partial charge in [0.2, 0.25) is 0 Å². The van der Waals surface area contributed by atoms with E-state index in [-0.39, 0.29) is 6.10 Å². The van der Waals surface area contributed by atoms with E-state index in [0.29, 0.717) is 12.8 Å². The minimum atomic E-state index is 0.270. The molecule has 0 radical (unpaired) electrons. The summed E-state index contributed by atoms with van der Waals surface area (Å²) in [5, 5.41) is 3.45. The van der Waals surface area contributed by atoms with Crippen molar-refractivity contribution in [1.82, 2.24) is 5.32 Å². The molecule has 1 fully saturated rings. The first-order valence-corrected chi connectivity index (χ1v) is 6.63. The van der Waals surface area contributed by atoms with Gasteiger partial charge in [-0.3, -0.25) is 0 Å². The number of hydrogen-bond acceptors (Lipinski definition) is 4. The molecule has 1 aliphatic heterocycles. The number of rotatable bonds is 4. The Balaban J connectivity index is 1.76. The van der Waals surface area contributed by atoms with E-state index < -0.39 is 0 Å². The van der Waals surface area contributed by atoms with Crippen molar-refractivity contribution in [2.75, 3.05) is 19.9 Å². The molecule has 3 nitrogen and oxygen atoms in total. The van der Waals surface area contributed by atoms with Gasteiger partial charge in [0.05, 0.1) is 17.0 Å². The second-order valence-corrected chi connectivity index (χ2v) is 5.62. The Hall–Kier alpha value is -0.130. The number of thiophene rings is 1.